The van der Waals surface area contributed by atoms with E-state index in [1.54, 1.807) is 25.3 Å². The number of carbonyl (C=O) groups excluding carboxylic acids is 1. The minimum absolute atomic E-state index is 0.414. The van der Waals surface area contributed by atoms with Gasteiger partial charge in [0.25, 0.3) is 0 Å². The maximum Gasteiger partial charge on any atom is 0.248 e. The van der Waals surface area contributed by atoms with Crippen LogP contribution in [0.2, 0.25) is 0 Å². The summed E-state index contributed by atoms with van der Waals surface area (Å²) in [5.41, 5.74) is 6.66. The number of hydrogen-bond donors (Lipinski definition) is 2. The van der Waals surface area contributed by atoms with Crippen molar-refractivity contribution in [1.82, 2.24) is 0 Å². The third-order valence-corrected chi connectivity index (χ3v) is 4.08. The molecule has 0 heterocycles. The first-order valence-electron chi connectivity index (χ1n) is 7.42. The molecule has 4 nitrogen and oxygen atoms in total. The molecule has 2 rings (SSSR count). The molecule has 4 heteroatoms. The number of anilines is 1. The second-order valence-corrected chi connectivity index (χ2v) is 5.50. The number of benzene rings is 1. The van der Waals surface area contributed by atoms with Crippen molar-refractivity contribution in [3.8, 4) is 5.75 Å². The quantitative estimate of drug-likeness (QED) is 0.838. The summed E-state index contributed by atoms with van der Waals surface area (Å²) in [6, 6.07) is 5.23. The average molecular weight is 276 g/mol. The van der Waals surface area contributed by atoms with Crippen LogP contribution in [-0.4, -0.2) is 19.6 Å². The second kappa shape index (κ2) is 7.17. The third kappa shape index (κ3) is 3.89. The van der Waals surface area contributed by atoms with Crippen molar-refractivity contribution in [1.29, 1.82) is 0 Å². The van der Waals surface area contributed by atoms with Gasteiger partial charge in [-0.1, -0.05) is 32.1 Å². The number of amides is 1. The summed E-state index contributed by atoms with van der Waals surface area (Å²) < 4.78 is 5.31. The summed E-state index contributed by atoms with van der Waals surface area (Å²) in [6.07, 6.45) is 7.99. The van der Waals surface area contributed by atoms with Crippen LogP contribution < -0.4 is 15.8 Å². The van der Waals surface area contributed by atoms with Crippen molar-refractivity contribution < 1.29 is 9.53 Å². The van der Waals surface area contributed by atoms with Crippen LogP contribution in [0.4, 0.5) is 5.69 Å². The molecule has 1 aromatic carbocycles. The lowest BCUT2D eigenvalue weighted by atomic mass is 9.87. The Labute approximate surface area is 120 Å². The van der Waals surface area contributed by atoms with Crippen molar-refractivity contribution in [3.63, 3.8) is 0 Å². The topological polar surface area (TPSA) is 64.3 Å². The Morgan fingerprint density at radius 3 is 2.75 bits per heavy atom. The van der Waals surface area contributed by atoms with Gasteiger partial charge in [-0.15, -0.1) is 0 Å². The molecule has 20 heavy (non-hydrogen) atoms. The number of ether oxygens (including phenoxy) is 1. The summed E-state index contributed by atoms with van der Waals surface area (Å²) in [6.45, 7) is 0.906. The number of carbonyl (C=O) groups is 1. The van der Waals surface area contributed by atoms with Crippen LogP contribution in [0.5, 0.6) is 5.75 Å². The van der Waals surface area contributed by atoms with E-state index in [-0.39, 0.29) is 0 Å². The smallest absolute Gasteiger partial charge is 0.248 e. The summed E-state index contributed by atoms with van der Waals surface area (Å²) in [7, 11) is 1.63. The molecule has 0 unspecified atom stereocenters. The minimum Gasteiger partial charge on any atom is -0.495 e. The Morgan fingerprint density at radius 1 is 1.35 bits per heavy atom. The lowest BCUT2D eigenvalue weighted by Crippen LogP contribution is -2.14. The number of nitrogens with one attached hydrogen (secondary N) is 1. The first kappa shape index (κ1) is 14.7. The Morgan fingerprint density at radius 2 is 2.10 bits per heavy atom. The summed E-state index contributed by atoms with van der Waals surface area (Å²) in [4.78, 5) is 11.2. The molecule has 0 aromatic heterocycles. The largest absolute Gasteiger partial charge is 0.495 e. The zero-order chi connectivity index (χ0) is 14.4. The molecular formula is C16H24N2O2. The van der Waals surface area contributed by atoms with Crippen LogP contribution in [0.15, 0.2) is 18.2 Å². The highest BCUT2D eigenvalue weighted by atomic mass is 16.5. The van der Waals surface area contributed by atoms with Crippen molar-refractivity contribution in [2.75, 3.05) is 19.0 Å². The van der Waals surface area contributed by atoms with E-state index in [1.165, 1.54) is 38.5 Å². The van der Waals surface area contributed by atoms with Gasteiger partial charge in [-0.05, 0) is 30.5 Å². The molecule has 0 radical (unpaired) electrons. The second-order valence-electron chi connectivity index (χ2n) is 5.50. The fraction of sp³-hybridized carbons (Fsp3) is 0.562. The predicted molar refractivity (Wildman–Crippen MR) is 81.2 cm³/mol. The lowest BCUT2D eigenvalue weighted by Gasteiger charge is -2.22. The van der Waals surface area contributed by atoms with E-state index >= 15 is 0 Å². The molecule has 1 aromatic rings. The van der Waals surface area contributed by atoms with Crippen LogP contribution >= 0.6 is 0 Å². The highest BCUT2D eigenvalue weighted by Gasteiger charge is 2.13. The Hall–Kier alpha value is -1.71. The van der Waals surface area contributed by atoms with Crippen LogP contribution in [0.1, 0.15) is 48.9 Å². The number of methoxy groups -OCH3 is 1. The van der Waals surface area contributed by atoms with E-state index < -0.39 is 5.91 Å². The van der Waals surface area contributed by atoms with Gasteiger partial charge in [0.1, 0.15) is 5.75 Å². The SMILES string of the molecule is COc1ccc(C(N)=O)cc1NCCC1CCCCC1. The molecule has 1 saturated carbocycles. The van der Waals surface area contributed by atoms with Gasteiger partial charge in [-0.25, -0.2) is 0 Å². The van der Waals surface area contributed by atoms with E-state index in [2.05, 4.69) is 5.32 Å². The van der Waals surface area contributed by atoms with E-state index in [0.717, 1.165) is 23.9 Å². The van der Waals surface area contributed by atoms with Gasteiger partial charge in [0, 0.05) is 12.1 Å². The maximum absolute atomic E-state index is 11.2. The van der Waals surface area contributed by atoms with Gasteiger partial charge in [-0.3, -0.25) is 4.79 Å². The van der Waals surface area contributed by atoms with Gasteiger partial charge < -0.3 is 15.8 Å². The van der Waals surface area contributed by atoms with Crippen LogP contribution in [-0.2, 0) is 0 Å². The molecule has 0 spiro atoms. The summed E-state index contributed by atoms with van der Waals surface area (Å²) in [5, 5.41) is 3.37. The molecule has 110 valence electrons. The first-order valence-corrected chi connectivity index (χ1v) is 7.42. The van der Waals surface area contributed by atoms with E-state index in [9.17, 15) is 4.79 Å². The molecule has 0 aliphatic heterocycles. The van der Waals surface area contributed by atoms with Crippen molar-refractivity contribution in [2.24, 2.45) is 11.7 Å². The molecule has 1 aliphatic rings. The number of hydrogen-bond acceptors (Lipinski definition) is 3. The molecule has 0 atom stereocenters. The minimum atomic E-state index is -0.414. The van der Waals surface area contributed by atoms with Gasteiger partial charge >= 0.3 is 0 Å². The predicted octanol–water partition coefficient (Wildman–Crippen LogP) is 3.18. The lowest BCUT2D eigenvalue weighted by molar-refractivity contribution is 0.100. The normalized spacial score (nSPS) is 15.8. The van der Waals surface area contributed by atoms with E-state index in [0.29, 0.717) is 5.56 Å². The standard InChI is InChI=1S/C16H24N2O2/c1-20-15-8-7-13(16(17)19)11-14(15)18-10-9-12-5-3-2-4-6-12/h7-8,11-12,18H,2-6,9-10H2,1H3,(H2,17,19). The fourth-order valence-electron chi connectivity index (χ4n) is 2.89. The first-order chi connectivity index (χ1) is 9.70. The van der Waals surface area contributed by atoms with Crippen molar-refractivity contribution in [2.45, 2.75) is 38.5 Å². The van der Waals surface area contributed by atoms with Gasteiger partial charge in [0.05, 0.1) is 12.8 Å². The monoisotopic (exact) mass is 276 g/mol. The highest BCUT2D eigenvalue weighted by molar-refractivity contribution is 5.94. The maximum atomic E-state index is 11.2. The molecule has 0 saturated heterocycles. The van der Waals surface area contributed by atoms with Crippen molar-refractivity contribution in [3.05, 3.63) is 23.8 Å². The fourth-order valence-corrected chi connectivity index (χ4v) is 2.89. The Kier molecular flexibility index (Phi) is 5.27. The number of primary amides is 1. The molecule has 1 amide bonds. The van der Waals surface area contributed by atoms with Gasteiger partial charge in [0.2, 0.25) is 5.91 Å². The molecular weight excluding hydrogens is 252 g/mol. The average Bonchev–Trinajstić information content (AvgIpc) is 2.48. The van der Waals surface area contributed by atoms with Gasteiger partial charge in [-0.2, -0.15) is 0 Å². The third-order valence-electron chi connectivity index (χ3n) is 4.08. The summed E-state index contributed by atoms with van der Waals surface area (Å²) in [5.74, 6) is 1.17. The van der Waals surface area contributed by atoms with Crippen LogP contribution in [0.3, 0.4) is 0 Å². The number of rotatable bonds is 6. The number of nitrogens with two attached hydrogens (primary N) is 1. The van der Waals surface area contributed by atoms with Crippen LogP contribution in [0.25, 0.3) is 0 Å². The summed E-state index contributed by atoms with van der Waals surface area (Å²) >= 11 is 0. The molecule has 1 fully saturated rings. The Balaban J connectivity index is 1.93. The highest BCUT2D eigenvalue weighted by Crippen LogP contribution is 2.28. The molecule has 1 aliphatic carbocycles. The molecule has 3 N–H and O–H groups in total. The van der Waals surface area contributed by atoms with E-state index in [4.69, 9.17) is 10.5 Å². The van der Waals surface area contributed by atoms with E-state index in [1.807, 2.05) is 0 Å². The zero-order valence-electron chi connectivity index (χ0n) is 12.2. The van der Waals surface area contributed by atoms with Crippen molar-refractivity contribution >= 4 is 11.6 Å². The Bertz CT molecular complexity index is 454. The van der Waals surface area contributed by atoms with Crippen LogP contribution in [0, 0.1) is 5.92 Å². The van der Waals surface area contributed by atoms with Gasteiger partial charge in [0.15, 0.2) is 0 Å². The zero-order valence-corrected chi connectivity index (χ0v) is 12.2. The molecule has 0 bridgehead atoms.